The van der Waals surface area contributed by atoms with Crippen molar-refractivity contribution in [2.75, 3.05) is 13.7 Å². The Bertz CT molecular complexity index is 1250. The normalized spacial score (nSPS) is 15.2. The van der Waals surface area contributed by atoms with Gasteiger partial charge in [-0.05, 0) is 48.1 Å². The molecular formula is C27H32ClN3O3. The summed E-state index contributed by atoms with van der Waals surface area (Å²) in [5.74, 6) is 1.97. The van der Waals surface area contributed by atoms with E-state index in [-0.39, 0.29) is 16.9 Å². The van der Waals surface area contributed by atoms with E-state index in [0.29, 0.717) is 39.6 Å². The summed E-state index contributed by atoms with van der Waals surface area (Å²) >= 11 is 6.54. The number of fused-ring (bicyclic) bond motifs is 1. The number of para-hydroxylation sites is 1. The van der Waals surface area contributed by atoms with Gasteiger partial charge in [0.15, 0.2) is 11.5 Å². The number of benzene rings is 2. The molecule has 1 aliphatic rings. The molecule has 1 saturated carbocycles. The highest BCUT2D eigenvalue weighted by molar-refractivity contribution is 6.32. The fourth-order valence-corrected chi connectivity index (χ4v) is 4.52. The lowest BCUT2D eigenvalue weighted by molar-refractivity contribution is 0.191. The third-order valence-corrected chi connectivity index (χ3v) is 6.25. The molecule has 1 aliphatic carbocycles. The Morgan fingerprint density at radius 1 is 1.18 bits per heavy atom. The molecule has 1 heterocycles. The van der Waals surface area contributed by atoms with Crippen LogP contribution in [0.1, 0.15) is 70.2 Å². The van der Waals surface area contributed by atoms with Gasteiger partial charge in [0.1, 0.15) is 5.82 Å². The molecule has 0 N–H and O–H groups in total. The van der Waals surface area contributed by atoms with Crippen LogP contribution in [0.2, 0.25) is 5.02 Å². The molecule has 1 aromatic heterocycles. The van der Waals surface area contributed by atoms with Gasteiger partial charge in [-0.15, -0.1) is 0 Å². The maximum Gasteiger partial charge on any atom is 0.282 e. The van der Waals surface area contributed by atoms with Crippen LogP contribution in [0.5, 0.6) is 11.5 Å². The molecule has 0 saturated heterocycles. The van der Waals surface area contributed by atoms with Gasteiger partial charge in [-0.25, -0.2) is 4.98 Å². The van der Waals surface area contributed by atoms with Crippen LogP contribution in [0.3, 0.4) is 0 Å². The molecule has 6 nitrogen and oxygen atoms in total. The van der Waals surface area contributed by atoms with Crippen LogP contribution >= 0.6 is 11.6 Å². The molecule has 0 aliphatic heterocycles. The standard InChI is InChI=1S/C27H32ClN3O3/c1-27(2,3)17-34-24-21(28)14-18(15-23(24)33-4)16-29-31-25(19-10-6-5-7-11-19)30-22-13-9-8-12-20(22)26(31)32/h8-9,12-16,19H,5-7,10-11,17H2,1-4H3. The third kappa shape index (κ3) is 5.44. The molecule has 7 heteroatoms. The van der Waals surface area contributed by atoms with E-state index in [1.165, 1.54) is 11.1 Å². The number of hydrogen-bond acceptors (Lipinski definition) is 5. The molecule has 1 fully saturated rings. The van der Waals surface area contributed by atoms with E-state index >= 15 is 0 Å². The number of nitrogens with zero attached hydrogens (tertiary/aromatic N) is 3. The van der Waals surface area contributed by atoms with Crippen molar-refractivity contribution in [3.8, 4) is 11.5 Å². The summed E-state index contributed by atoms with van der Waals surface area (Å²) in [5.41, 5.74) is 1.24. The Kier molecular flexibility index (Phi) is 7.27. The zero-order chi connectivity index (χ0) is 24.3. The van der Waals surface area contributed by atoms with Crippen LogP contribution in [0, 0.1) is 5.41 Å². The van der Waals surface area contributed by atoms with Crippen molar-refractivity contribution in [3.63, 3.8) is 0 Å². The van der Waals surface area contributed by atoms with Gasteiger partial charge in [-0.1, -0.05) is 63.8 Å². The topological polar surface area (TPSA) is 65.7 Å². The second-order valence-corrected chi connectivity index (χ2v) is 10.5. The molecule has 0 bridgehead atoms. The zero-order valence-corrected chi connectivity index (χ0v) is 21.1. The first kappa shape index (κ1) is 24.3. The predicted molar refractivity (Wildman–Crippen MR) is 138 cm³/mol. The van der Waals surface area contributed by atoms with Gasteiger partial charge < -0.3 is 9.47 Å². The van der Waals surface area contributed by atoms with Crippen molar-refractivity contribution < 1.29 is 9.47 Å². The summed E-state index contributed by atoms with van der Waals surface area (Å²) in [5, 5.41) is 5.58. The number of methoxy groups -OCH3 is 1. The first-order valence-corrected chi connectivity index (χ1v) is 12.2. The van der Waals surface area contributed by atoms with E-state index in [2.05, 4.69) is 25.9 Å². The van der Waals surface area contributed by atoms with E-state index in [1.807, 2.05) is 24.3 Å². The molecule has 0 atom stereocenters. The molecule has 0 amide bonds. The fourth-order valence-electron chi connectivity index (χ4n) is 4.24. The van der Waals surface area contributed by atoms with Crippen molar-refractivity contribution in [2.24, 2.45) is 10.5 Å². The summed E-state index contributed by atoms with van der Waals surface area (Å²) in [4.78, 5) is 18.2. The van der Waals surface area contributed by atoms with Crippen molar-refractivity contribution in [1.29, 1.82) is 0 Å². The molecule has 180 valence electrons. The monoisotopic (exact) mass is 481 g/mol. The summed E-state index contributed by atoms with van der Waals surface area (Å²) in [6.45, 7) is 6.77. The van der Waals surface area contributed by atoms with Gasteiger partial charge in [-0.3, -0.25) is 4.79 Å². The maximum absolute atomic E-state index is 13.4. The van der Waals surface area contributed by atoms with E-state index in [0.717, 1.165) is 31.5 Å². The van der Waals surface area contributed by atoms with Gasteiger partial charge in [0.05, 0.1) is 35.9 Å². The second kappa shape index (κ2) is 10.2. The van der Waals surface area contributed by atoms with Crippen LogP contribution in [-0.2, 0) is 0 Å². The van der Waals surface area contributed by atoms with Gasteiger partial charge in [-0.2, -0.15) is 9.78 Å². The smallest absolute Gasteiger partial charge is 0.282 e. The molecular weight excluding hydrogens is 450 g/mol. The predicted octanol–water partition coefficient (Wildman–Crippen LogP) is 6.41. The van der Waals surface area contributed by atoms with Crippen LogP contribution in [0.25, 0.3) is 10.9 Å². The molecule has 34 heavy (non-hydrogen) atoms. The minimum atomic E-state index is -0.161. The van der Waals surface area contributed by atoms with E-state index in [4.69, 9.17) is 26.1 Å². The number of aromatic nitrogens is 2. The van der Waals surface area contributed by atoms with Crippen LogP contribution in [0.15, 0.2) is 46.3 Å². The summed E-state index contributed by atoms with van der Waals surface area (Å²) < 4.78 is 12.9. The first-order valence-electron chi connectivity index (χ1n) is 11.8. The largest absolute Gasteiger partial charge is 0.493 e. The Morgan fingerprint density at radius 3 is 2.62 bits per heavy atom. The average Bonchev–Trinajstić information content (AvgIpc) is 2.82. The van der Waals surface area contributed by atoms with Crippen molar-refractivity contribution in [3.05, 3.63) is 63.2 Å². The Labute approximate surface area is 205 Å². The van der Waals surface area contributed by atoms with E-state index in [9.17, 15) is 4.79 Å². The quantitative estimate of drug-likeness (QED) is 0.381. The van der Waals surface area contributed by atoms with Crippen LogP contribution in [0.4, 0.5) is 0 Å². The number of ether oxygens (including phenoxy) is 2. The van der Waals surface area contributed by atoms with E-state index < -0.39 is 0 Å². The van der Waals surface area contributed by atoms with Gasteiger partial charge in [0.2, 0.25) is 0 Å². The summed E-state index contributed by atoms with van der Waals surface area (Å²) in [6.07, 6.45) is 7.16. The van der Waals surface area contributed by atoms with Gasteiger partial charge >= 0.3 is 0 Å². The van der Waals surface area contributed by atoms with Crippen molar-refractivity contribution >= 4 is 28.7 Å². The maximum atomic E-state index is 13.4. The second-order valence-electron chi connectivity index (χ2n) is 10.1. The molecule has 2 aromatic carbocycles. The molecule has 0 spiro atoms. The zero-order valence-electron chi connectivity index (χ0n) is 20.3. The van der Waals surface area contributed by atoms with Gasteiger partial charge in [0, 0.05) is 5.92 Å². The lowest BCUT2D eigenvalue weighted by Crippen LogP contribution is -2.25. The SMILES string of the molecule is COc1cc(C=Nn2c(C3CCCCC3)nc3ccccc3c2=O)cc(Cl)c1OCC(C)(C)C. The molecule has 3 aromatic rings. The van der Waals surface area contributed by atoms with E-state index in [1.54, 1.807) is 25.5 Å². The lowest BCUT2D eigenvalue weighted by Gasteiger charge is -2.22. The fraction of sp³-hybridized carbons (Fsp3) is 0.444. The van der Waals surface area contributed by atoms with Crippen LogP contribution in [-0.4, -0.2) is 29.6 Å². The Balaban J connectivity index is 1.74. The number of hydrogen-bond donors (Lipinski definition) is 0. The summed E-state index contributed by atoms with van der Waals surface area (Å²) in [6, 6.07) is 11.0. The first-order chi connectivity index (χ1) is 16.3. The van der Waals surface area contributed by atoms with Crippen molar-refractivity contribution in [2.45, 2.75) is 58.8 Å². The minimum Gasteiger partial charge on any atom is -0.493 e. The Hall–Kier alpha value is -2.86. The molecule has 4 rings (SSSR count). The number of rotatable bonds is 6. The summed E-state index contributed by atoms with van der Waals surface area (Å²) in [7, 11) is 1.58. The lowest BCUT2D eigenvalue weighted by atomic mass is 9.88. The van der Waals surface area contributed by atoms with Crippen molar-refractivity contribution in [1.82, 2.24) is 9.66 Å². The number of halogens is 1. The average molecular weight is 482 g/mol. The minimum absolute atomic E-state index is 0.0196. The highest BCUT2D eigenvalue weighted by Gasteiger charge is 2.22. The van der Waals surface area contributed by atoms with Crippen LogP contribution < -0.4 is 15.0 Å². The van der Waals surface area contributed by atoms with Gasteiger partial charge in [0.25, 0.3) is 5.56 Å². The highest BCUT2D eigenvalue weighted by atomic mass is 35.5. The highest BCUT2D eigenvalue weighted by Crippen LogP contribution is 2.37. The third-order valence-electron chi connectivity index (χ3n) is 5.97. The molecule has 0 radical (unpaired) electrons. The molecule has 0 unspecified atom stereocenters. The Morgan fingerprint density at radius 2 is 1.91 bits per heavy atom.